The smallest absolute Gasteiger partial charge is 0.330 e. The van der Waals surface area contributed by atoms with Crippen LogP contribution in [0.4, 0.5) is 40.3 Å². The van der Waals surface area contributed by atoms with Gasteiger partial charge < -0.3 is 30.7 Å². The van der Waals surface area contributed by atoms with Crippen LogP contribution in [-0.2, 0) is 52.8 Å². The lowest BCUT2D eigenvalue weighted by atomic mass is 10.1. The molecule has 0 aliphatic heterocycles. The number of amides is 1. The maximum absolute atomic E-state index is 12.4. The molecule has 25 nitrogen and oxygen atoms in total. The highest BCUT2D eigenvalue weighted by molar-refractivity contribution is 7.96. The van der Waals surface area contributed by atoms with Crippen molar-refractivity contribution in [3.63, 3.8) is 0 Å². The largest absolute Gasteiger partial charge is 0.505 e. The first-order valence-electron chi connectivity index (χ1n) is 15.8. The topological polar surface area (TPSA) is 381 Å². The number of nitrogens with one attached hydrogen (secondary N) is 3. The van der Waals surface area contributed by atoms with Crippen LogP contribution >= 0.6 is 47.7 Å². The number of phenolic OH excluding ortho intramolecular Hbond substituents is 1. The van der Waals surface area contributed by atoms with Gasteiger partial charge in [0.1, 0.15) is 22.0 Å². The van der Waals surface area contributed by atoms with Gasteiger partial charge in [0.25, 0.3) is 20.2 Å². The Balaban J connectivity index is 0.00000819. The van der Waals surface area contributed by atoms with Crippen LogP contribution in [0.15, 0.2) is 90.5 Å². The van der Waals surface area contributed by atoms with Crippen molar-refractivity contribution in [2.24, 2.45) is 10.2 Å². The van der Waals surface area contributed by atoms with Crippen molar-refractivity contribution in [2.45, 2.75) is 32.9 Å². The third kappa shape index (κ3) is 13.5. The fourth-order valence-electron chi connectivity index (χ4n) is 4.68. The van der Waals surface area contributed by atoms with Crippen molar-refractivity contribution in [1.82, 2.24) is 15.0 Å². The van der Waals surface area contributed by atoms with Gasteiger partial charge in [-0.1, -0.05) is 17.0 Å². The highest BCUT2D eigenvalue weighted by atomic mass is 35.5. The Morgan fingerprint density at radius 2 is 1.49 bits per heavy atom. The second-order valence-corrected chi connectivity index (χ2v) is 16.4. The van der Waals surface area contributed by atoms with Crippen molar-refractivity contribution in [1.29, 1.82) is 0 Å². The van der Waals surface area contributed by atoms with E-state index in [-0.39, 0.29) is 73.9 Å². The van der Waals surface area contributed by atoms with Gasteiger partial charge in [0.2, 0.25) is 23.1 Å². The number of nitrogens with zero attached hydrogens (tertiary/aromatic N) is 5. The summed E-state index contributed by atoms with van der Waals surface area (Å²) in [5.41, 5.74) is -0.772. The Hall–Kier alpha value is -5.03. The number of hydrogen-bond acceptors (Lipinski definition) is 24. The monoisotopic (exact) mass is 966 g/mol. The van der Waals surface area contributed by atoms with E-state index in [9.17, 15) is 40.6 Å². The Labute approximate surface area is 360 Å². The van der Waals surface area contributed by atoms with E-state index >= 15 is 0 Å². The first kappa shape index (κ1) is 48.6. The number of hydrogen-bond donors (Lipinski definition) is 8. The first-order valence-corrected chi connectivity index (χ1v) is 21.5. The molecule has 5 aromatic rings. The number of aromatic hydroxyl groups is 1. The van der Waals surface area contributed by atoms with Crippen LogP contribution in [0.3, 0.4) is 0 Å². The predicted octanol–water partition coefficient (Wildman–Crippen LogP) is 6.35. The molecule has 0 saturated carbocycles. The summed E-state index contributed by atoms with van der Waals surface area (Å²) < 4.78 is 82.2. The molecular formula is C30H27ClN8O17S5. The molecule has 61 heavy (non-hydrogen) atoms. The fraction of sp³-hybridized carbons (Fsp3) is 0.100. The Morgan fingerprint density at radius 3 is 2.11 bits per heavy atom. The van der Waals surface area contributed by atoms with E-state index in [0.717, 1.165) is 42.4 Å². The second kappa shape index (κ2) is 21.7. The zero-order valence-corrected chi connectivity index (χ0v) is 34.9. The van der Waals surface area contributed by atoms with Gasteiger partial charge in [-0.25, -0.2) is 10.5 Å². The summed E-state index contributed by atoms with van der Waals surface area (Å²) in [5, 5.41) is 50.8. The second-order valence-electron chi connectivity index (χ2n) is 11.1. The molecule has 0 aliphatic rings. The van der Waals surface area contributed by atoms with E-state index in [1.54, 1.807) is 24.3 Å². The lowest BCUT2D eigenvalue weighted by molar-refractivity contribution is -0.432. The molecule has 0 unspecified atom stereocenters. The van der Waals surface area contributed by atoms with Crippen LogP contribution in [0.25, 0.3) is 10.8 Å². The Kier molecular flexibility index (Phi) is 17.3. The first-order chi connectivity index (χ1) is 28.5. The highest BCUT2D eigenvalue weighted by Gasteiger charge is 2.23. The van der Waals surface area contributed by atoms with Crippen LogP contribution < -0.4 is 16.0 Å². The van der Waals surface area contributed by atoms with Crippen molar-refractivity contribution < 1.29 is 79.6 Å². The zero-order valence-electron chi connectivity index (χ0n) is 30.1. The number of anilines is 5. The van der Waals surface area contributed by atoms with Crippen molar-refractivity contribution in [3.8, 4) is 5.75 Å². The van der Waals surface area contributed by atoms with Crippen LogP contribution in [-0.4, -0.2) is 79.6 Å². The molecule has 0 spiro atoms. The van der Waals surface area contributed by atoms with E-state index < -0.39 is 59.0 Å². The van der Waals surface area contributed by atoms with Gasteiger partial charge in [0.15, 0.2) is 5.75 Å². The van der Waals surface area contributed by atoms with Crippen LogP contribution in [0.1, 0.15) is 13.3 Å². The van der Waals surface area contributed by atoms with Gasteiger partial charge in [0, 0.05) is 40.1 Å². The Morgan fingerprint density at radius 1 is 0.836 bits per heavy atom. The van der Waals surface area contributed by atoms with Crippen molar-refractivity contribution >= 4 is 131 Å². The van der Waals surface area contributed by atoms with Gasteiger partial charge in [-0.3, -0.25) is 18.7 Å². The molecule has 31 heteroatoms. The highest BCUT2D eigenvalue weighted by Crippen LogP contribution is 2.47. The summed E-state index contributed by atoms with van der Waals surface area (Å²) in [4.78, 5) is 35.2. The SMILES string of the molecule is CCC(=O)Nc1cc(S(=O)(=O)O)cc2cc(SOOO)c(N=Nc3cc(Nc4nc(Cl)nc(Nc5ccc(SOC(=O)CSOOO)cc5)n4)ccc3S(=O)(=O)O)c(O)c12.O. The van der Waals surface area contributed by atoms with Crippen LogP contribution in [0.5, 0.6) is 5.75 Å². The van der Waals surface area contributed by atoms with E-state index in [0.29, 0.717) is 22.6 Å². The average Bonchev–Trinajstić information content (AvgIpc) is 3.18. The summed E-state index contributed by atoms with van der Waals surface area (Å²) in [5.74, 6) is -2.53. The number of carbonyl (C=O) groups is 2. The number of fused-ring (bicyclic) bond motifs is 1. The minimum Gasteiger partial charge on any atom is -0.505 e. The summed E-state index contributed by atoms with van der Waals surface area (Å²) in [7, 11) is -9.82. The summed E-state index contributed by atoms with van der Waals surface area (Å²) in [6, 6.07) is 12.6. The molecule has 4 aromatic carbocycles. The standard InChI is InChI=1S/C30H25ClN8O16S5.H2O/c1-2-23(40)34-20-12-18(59(45,46)47)9-14-10-21(58-55-53-44)26(27(42)25(14)20)39-38-19-11-16(5-8-22(19)60(48,49)50)33-30-36-28(31)35-29(37-30)32-15-3-6-17(7-4-15)57-51-24(41)13-56-54-52-43;/h3-12,42-44H,2,13H2,1H3,(H,34,40)(H,45,46,47)(H,48,49,50)(H2,32,33,35,36,37);1H2. The normalized spacial score (nSPS) is 11.6. The van der Waals surface area contributed by atoms with Gasteiger partial charge in [-0.05, 0) is 77.7 Å². The minimum absolute atomic E-state index is 0. The van der Waals surface area contributed by atoms with Gasteiger partial charge in [0.05, 0.1) is 39.6 Å². The van der Waals surface area contributed by atoms with Crippen LogP contribution in [0, 0.1) is 0 Å². The number of azo groups is 1. The van der Waals surface area contributed by atoms with Crippen molar-refractivity contribution in [2.75, 3.05) is 21.7 Å². The number of rotatable bonds is 19. The third-order valence-corrected chi connectivity index (χ3v) is 10.9. The van der Waals surface area contributed by atoms with Gasteiger partial charge in [-0.15, -0.1) is 18.9 Å². The molecule has 326 valence electrons. The van der Waals surface area contributed by atoms with E-state index in [4.69, 9.17) is 26.3 Å². The van der Waals surface area contributed by atoms with Gasteiger partial charge >= 0.3 is 5.97 Å². The third-order valence-electron chi connectivity index (χ3n) is 7.13. The van der Waals surface area contributed by atoms with E-state index in [2.05, 4.69) is 59.9 Å². The van der Waals surface area contributed by atoms with Crippen molar-refractivity contribution in [3.05, 3.63) is 65.9 Å². The molecule has 0 atom stereocenters. The lowest BCUT2D eigenvalue weighted by Gasteiger charge is -2.15. The minimum atomic E-state index is -4.97. The van der Waals surface area contributed by atoms with E-state index in [1.807, 2.05) is 0 Å². The number of halogens is 1. The molecule has 0 radical (unpaired) electrons. The van der Waals surface area contributed by atoms with Crippen LogP contribution in [0.2, 0.25) is 5.28 Å². The molecule has 0 fully saturated rings. The molecule has 5 rings (SSSR count). The average molecular weight is 967 g/mol. The maximum atomic E-state index is 12.4. The molecule has 10 N–H and O–H groups in total. The number of benzene rings is 4. The zero-order chi connectivity index (χ0) is 43.6. The van der Waals surface area contributed by atoms with E-state index in [1.165, 1.54) is 13.0 Å². The number of phenols is 1. The number of carbonyl (C=O) groups excluding carboxylic acids is 2. The summed E-state index contributed by atoms with van der Waals surface area (Å²) in [6.45, 7) is 1.49. The lowest BCUT2D eigenvalue weighted by Crippen LogP contribution is -2.11. The molecule has 0 saturated heterocycles. The molecular weight excluding hydrogens is 940 g/mol. The molecule has 1 aromatic heterocycles. The summed E-state index contributed by atoms with van der Waals surface area (Å²) in [6.07, 6.45) is -0.0746. The molecule has 1 heterocycles. The van der Waals surface area contributed by atoms with Gasteiger partial charge in [-0.2, -0.15) is 31.8 Å². The summed E-state index contributed by atoms with van der Waals surface area (Å²) >= 11 is 7.65. The maximum Gasteiger partial charge on any atom is 0.330 e. The fourth-order valence-corrected chi connectivity index (χ4v) is 7.30. The predicted molar refractivity (Wildman–Crippen MR) is 216 cm³/mol. The molecule has 0 aliphatic carbocycles. The Bertz CT molecular complexity index is 2670. The molecule has 1 amide bonds. The molecule has 0 bridgehead atoms. The quantitative estimate of drug-likeness (QED) is 0.0111. The number of aromatic nitrogens is 3.